The van der Waals surface area contributed by atoms with Gasteiger partial charge in [0.15, 0.2) is 0 Å². The lowest BCUT2D eigenvalue weighted by molar-refractivity contribution is -0.138. The van der Waals surface area contributed by atoms with E-state index in [0.717, 1.165) is 11.3 Å². The second-order valence-electron chi connectivity index (χ2n) is 5.18. The zero-order chi connectivity index (χ0) is 13.3. The van der Waals surface area contributed by atoms with Crippen molar-refractivity contribution in [2.24, 2.45) is 0 Å². The van der Waals surface area contributed by atoms with Crippen LogP contribution in [0, 0.1) is 0 Å². The first kappa shape index (κ1) is 12.9. The number of carboxylic acid groups (broad SMARTS) is 1. The largest absolute Gasteiger partial charge is 0.481 e. The van der Waals surface area contributed by atoms with E-state index in [1.165, 1.54) is 0 Å². The second-order valence-corrected chi connectivity index (χ2v) is 5.18. The van der Waals surface area contributed by atoms with Crippen LogP contribution in [-0.4, -0.2) is 34.9 Å². The summed E-state index contributed by atoms with van der Waals surface area (Å²) in [6, 6.07) is 7.53. The SMILES string of the molecule is CCC(C)(O)CN1CC(C(=O)O)c2ccccc21. The summed E-state index contributed by atoms with van der Waals surface area (Å²) in [4.78, 5) is 13.2. The Morgan fingerprint density at radius 3 is 2.78 bits per heavy atom. The van der Waals surface area contributed by atoms with E-state index in [4.69, 9.17) is 0 Å². The molecule has 18 heavy (non-hydrogen) atoms. The summed E-state index contributed by atoms with van der Waals surface area (Å²) < 4.78 is 0. The number of aliphatic carboxylic acids is 1. The molecule has 1 aliphatic rings. The molecule has 0 radical (unpaired) electrons. The van der Waals surface area contributed by atoms with Crippen molar-refractivity contribution >= 4 is 11.7 Å². The van der Waals surface area contributed by atoms with E-state index in [2.05, 4.69) is 0 Å². The topological polar surface area (TPSA) is 60.8 Å². The number of carboxylic acids is 1. The van der Waals surface area contributed by atoms with Crippen LogP contribution in [0.25, 0.3) is 0 Å². The van der Waals surface area contributed by atoms with Gasteiger partial charge in [0.2, 0.25) is 0 Å². The Morgan fingerprint density at radius 2 is 2.17 bits per heavy atom. The van der Waals surface area contributed by atoms with Crippen molar-refractivity contribution in [3.05, 3.63) is 29.8 Å². The lowest BCUT2D eigenvalue weighted by Crippen LogP contribution is -2.40. The number of para-hydroxylation sites is 1. The number of hydrogen-bond donors (Lipinski definition) is 2. The van der Waals surface area contributed by atoms with Crippen molar-refractivity contribution in [3.63, 3.8) is 0 Å². The van der Waals surface area contributed by atoms with Crippen molar-refractivity contribution in [2.45, 2.75) is 31.8 Å². The highest BCUT2D eigenvalue weighted by molar-refractivity contribution is 5.83. The number of hydrogen-bond acceptors (Lipinski definition) is 3. The number of β-amino-alcohol motifs (C(OH)–C–C–N with tert-alkyl or cyclic N) is 1. The van der Waals surface area contributed by atoms with Gasteiger partial charge in [-0.2, -0.15) is 0 Å². The zero-order valence-electron chi connectivity index (χ0n) is 10.8. The van der Waals surface area contributed by atoms with E-state index in [1.807, 2.05) is 36.1 Å². The van der Waals surface area contributed by atoms with Crippen LogP contribution in [0.15, 0.2) is 24.3 Å². The molecule has 0 saturated heterocycles. The number of aliphatic hydroxyl groups is 1. The van der Waals surface area contributed by atoms with Crippen molar-refractivity contribution in [3.8, 4) is 0 Å². The molecule has 0 aliphatic carbocycles. The molecule has 2 N–H and O–H groups in total. The smallest absolute Gasteiger partial charge is 0.312 e. The molecule has 1 aliphatic heterocycles. The number of carbonyl (C=O) groups is 1. The lowest BCUT2D eigenvalue weighted by Gasteiger charge is -2.29. The number of rotatable bonds is 4. The van der Waals surface area contributed by atoms with Gasteiger partial charge in [-0.15, -0.1) is 0 Å². The standard InChI is InChI=1S/C14H19NO3/c1-3-14(2,18)9-15-8-11(13(16)17)10-6-4-5-7-12(10)15/h4-7,11,18H,3,8-9H2,1-2H3,(H,16,17). The third-order valence-electron chi connectivity index (χ3n) is 3.65. The molecule has 1 aromatic carbocycles. The van der Waals surface area contributed by atoms with E-state index in [9.17, 15) is 15.0 Å². The van der Waals surface area contributed by atoms with Crippen LogP contribution in [0.2, 0.25) is 0 Å². The Hall–Kier alpha value is -1.55. The van der Waals surface area contributed by atoms with Gasteiger partial charge in [-0.25, -0.2) is 0 Å². The maximum atomic E-state index is 11.3. The van der Waals surface area contributed by atoms with Gasteiger partial charge in [-0.3, -0.25) is 4.79 Å². The van der Waals surface area contributed by atoms with Crippen molar-refractivity contribution < 1.29 is 15.0 Å². The molecule has 98 valence electrons. The Balaban J connectivity index is 2.28. The van der Waals surface area contributed by atoms with Gasteiger partial charge in [0, 0.05) is 18.8 Å². The summed E-state index contributed by atoms with van der Waals surface area (Å²) in [5.41, 5.74) is 0.982. The normalized spacial score (nSPS) is 21.5. The van der Waals surface area contributed by atoms with Crippen molar-refractivity contribution in [2.75, 3.05) is 18.0 Å². The molecule has 0 bridgehead atoms. The predicted molar refractivity (Wildman–Crippen MR) is 69.9 cm³/mol. The molecule has 0 aromatic heterocycles. The molecule has 1 heterocycles. The summed E-state index contributed by atoms with van der Waals surface area (Å²) in [7, 11) is 0. The van der Waals surface area contributed by atoms with Crippen LogP contribution < -0.4 is 4.90 Å². The van der Waals surface area contributed by atoms with E-state index in [0.29, 0.717) is 19.5 Å². The van der Waals surface area contributed by atoms with E-state index < -0.39 is 17.5 Å². The Labute approximate surface area is 107 Å². The van der Waals surface area contributed by atoms with Crippen molar-refractivity contribution in [1.82, 2.24) is 0 Å². The number of nitrogens with zero attached hydrogens (tertiary/aromatic N) is 1. The molecule has 2 atom stereocenters. The Bertz CT molecular complexity index is 456. The van der Waals surface area contributed by atoms with E-state index in [-0.39, 0.29) is 0 Å². The summed E-state index contributed by atoms with van der Waals surface area (Å²) in [5, 5.41) is 19.4. The minimum atomic E-state index is -0.805. The Morgan fingerprint density at radius 1 is 1.50 bits per heavy atom. The molecular weight excluding hydrogens is 230 g/mol. The molecule has 0 fully saturated rings. The van der Waals surface area contributed by atoms with Crippen molar-refractivity contribution in [1.29, 1.82) is 0 Å². The highest BCUT2D eigenvalue weighted by Crippen LogP contribution is 2.37. The van der Waals surface area contributed by atoms with Crippen LogP contribution in [0.4, 0.5) is 5.69 Å². The quantitative estimate of drug-likeness (QED) is 0.854. The fraction of sp³-hybridized carbons (Fsp3) is 0.500. The third-order valence-corrected chi connectivity index (χ3v) is 3.65. The molecule has 0 saturated carbocycles. The van der Waals surface area contributed by atoms with Crippen LogP contribution in [0.3, 0.4) is 0 Å². The first-order valence-electron chi connectivity index (χ1n) is 6.23. The summed E-state index contributed by atoms with van der Waals surface area (Å²) in [6.07, 6.45) is 0.642. The molecular formula is C14H19NO3. The molecule has 0 amide bonds. The first-order valence-corrected chi connectivity index (χ1v) is 6.23. The first-order chi connectivity index (χ1) is 8.44. The highest BCUT2D eigenvalue weighted by atomic mass is 16.4. The van der Waals surface area contributed by atoms with Gasteiger partial charge in [-0.1, -0.05) is 25.1 Å². The molecule has 1 aromatic rings. The van der Waals surface area contributed by atoms with Crippen LogP contribution in [0.5, 0.6) is 0 Å². The number of benzene rings is 1. The maximum Gasteiger partial charge on any atom is 0.312 e. The van der Waals surface area contributed by atoms with E-state index >= 15 is 0 Å². The number of anilines is 1. The predicted octanol–water partition coefficient (Wildman–Crippen LogP) is 1.84. The summed E-state index contributed by atoms with van der Waals surface area (Å²) in [6.45, 7) is 4.61. The molecule has 0 spiro atoms. The van der Waals surface area contributed by atoms with Gasteiger partial charge < -0.3 is 15.1 Å². The Kier molecular flexibility index (Phi) is 3.30. The molecule has 2 rings (SSSR count). The van der Waals surface area contributed by atoms with Gasteiger partial charge in [-0.05, 0) is 25.0 Å². The average Bonchev–Trinajstić information content (AvgIpc) is 2.68. The fourth-order valence-electron chi connectivity index (χ4n) is 2.37. The minimum Gasteiger partial charge on any atom is -0.481 e. The third kappa shape index (κ3) is 2.34. The maximum absolute atomic E-state index is 11.3. The van der Waals surface area contributed by atoms with Gasteiger partial charge in [0.25, 0.3) is 0 Å². The molecule has 2 unspecified atom stereocenters. The lowest BCUT2D eigenvalue weighted by atomic mass is 10.0. The summed E-state index contributed by atoms with van der Waals surface area (Å²) in [5.74, 6) is -1.30. The fourth-order valence-corrected chi connectivity index (χ4v) is 2.37. The second kappa shape index (κ2) is 4.61. The van der Waals surface area contributed by atoms with Crippen LogP contribution >= 0.6 is 0 Å². The van der Waals surface area contributed by atoms with Gasteiger partial charge in [0.1, 0.15) is 5.92 Å². The monoisotopic (exact) mass is 249 g/mol. The minimum absolute atomic E-state index is 0.435. The van der Waals surface area contributed by atoms with Crippen LogP contribution in [-0.2, 0) is 4.79 Å². The summed E-state index contributed by atoms with van der Waals surface area (Å²) >= 11 is 0. The van der Waals surface area contributed by atoms with Gasteiger partial charge >= 0.3 is 5.97 Å². The average molecular weight is 249 g/mol. The van der Waals surface area contributed by atoms with E-state index in [1.54, 1.807) is 6.92 Å². The molecule has 4 nitrogen and oxygen atoms in total. The van der Waals surface area contributed by atoms with Crippen LogP contribution in [0.1, 0.15) is 31.7 Å². The highest BCUT2D eigenvalue weighted by Gasteiger charge is 2.35. The van der Waals surface area contributed by atoms with Gasteiger partial charge in [0.05, 0.1) is 5.60 Å². The molecule has 4 heteroatoms. The zero-order valence-corrected chi connectivity index (χ0v) is 10.8. The number of fused-ring (bicyclic) bond motifs is 1.